The highest BCUT2D eigenvalue weighted by atomic mass is 15.3. The minimum Gasteiger partial charge on any atom is -0.312 e. The first-order valence-corrected chi connectivity index (χ1v) is 7.07. The van der Waals surface area contributed by atoms with Gasteiger partial charge in [0.15, 0.2) is 0 Å². The van der Waals surface area contributed by atoms with Gasteiger partial charge in [-0.15, -0.1) is 0 Å². The standard InChI is InChI=1S/C16H21N3/c1-12-5-3-6-14(9-12)16-10-18-19(13(16)2)11-15-7-4-8-17-15/h3,5-6,9-10,15,17H,4,7-8,11H2,1-2H3. The first-order chi connectivity index (χ1) is 9.24. The van der Waals surface area contributed by atoms with Gasteiger partial charge in [-0.3, -0.25) is 4.68 Å². The average Bonchev–Trinajstić information content (AvgIpc) is 3.01. The van der Waals surface area contributed by atoms with Crippen LogP contribution in [0.15, 0.2) is 30.5 Å². The molecule has 1 saturated heterocycles. The summed E-state index contributed by atoms with van der Waals surface area (Å²) < 4.78 is 2.14. The maximum absolute atomic E-state index is 4.56. The summed E-state index contributed by atoms with van der Waals surface area (Å²) in [6, 6.07) is 9.21. The molecule has 0 saturated carbocycles. The second-order valence-electron chi connectivity index (χ2n) is 5.49. The molecule has 1 aromatic heterocycles. The van der Waals surface area contributed by atoms with E-state index in [0.717, 1.165) is 13.1 Å². The zero-order chi connectivity index (χ0) is 13.2. The number of aromatic nitrogens is 2. The second kappa shape index (κ2) is 5.17. The van der Waals surface area contributed by atoms with Crippen molar-refractivity contribution in [3.63, 3.8) is 0 Å². The van der Waals surface area contributed by atoms with Gasteiger partial charge in [-0.25, -0.2) is 0 Å². The van der Waals surface area contributed by atoms with Crippen LogP contribution in [0.3, 0.4) is 0 Å². The van der Waals surface area contributed by atoms with Gasteiger partial charge in [0.2, 0.25) is 0 Å². The van der Waals surface area contributed by atoms with Crippen LogP contribution in [0, 0.1) is 13.8 Å². The van der Waals surface area contributed by atoms with E-state index in [9.17, 15) is 0 Å². The molecule has 0 bridgehead atoms. The fourth-order valence-corrected chi connectivity index (χ4v) is 2.85. The number of hydrogen-bond donors (Lipinski definition) is 1. The Hall–Kier alpha value is -1.61. The van der Waals surface area contributed by atoms with E-state index >= 15 is 0 Å². The Morgan fingerprint density at radius 2 is 2.26 bits per heavy atom. The lowest BCUT2D eigenvalue weighted by molar-refractivity contribution is 0.469. The molecule has 0 spiro atoms. The lowest BCUT2D eigenvalue weighted by atomic mass is 10.0. The van der Waals surface area contributed by atoms with E-state index in [1.807, 2.05) is 6.20 Å². The summed E-state index contributed by atoms with van der Waals surface area (Å²) in [5.74, 6) is 0. The molecular formula is C16H21N3. The van der Waals surface area contributed by atoms with Crippen LogP contribution in [-0.2, 0) is 6.54 Å². The molecule has 0 aliphatic carbocycles. The molecule has 2 heterocycles. The molecule has 3 rings (SSSR count). The van der Waals surface area contributed by atoms with Crippen LogP contribution in [0.2, 0.25) is 0 Å². The maximum atomic E-state index is 4.56. The van der Waals surface area contributed by atoms with Gasteiger partial charge in [0.25, 0.3) is 0 Å². The molecule has 1 aliphatic heterocycles. The van der Waals surface area contributed by atoms with Gasteiger partial charge in [-0.05, 0) is 38.8 Å². The zero-order valence-corrected chi connectivity index (χ0v) is 11.7. The molecular weight excluding hydrogens is 234 g/mol. The first kappa shape index (κ1) is 12.4. The molecule has 1 fully saturated rings. The van der Waals surface area contributed by atoms with Crippen molar-refractivity contribution in [2.24, 2.45) is 0 Å². The molecule has 3 heteroatoms. The van der Waals surface area contributed by atoms with Crippen molar-refractivity contribution in [2.45, 2.75) is 39.3 Å². The van der Waals surface area contributed by atoms with Gasteiger partial charge in [-0.1, -0.05) is 29.8 Å². The summed E-state index contributed by atoms with van der Waals surface area (Å²) in [7, 11) is 0. The van der Waals surface area contributed by atoms with Crippen LogP contribution >= 0.6 is 0 Å². The topological polar surface area (TPSA) is 29.9 Å². The van der Waals surface area contributed by atoms with E-state index in [0.29, 0.717) is 6.04 Å². The Labute approximate surface area is 114 Å². The molecule has 2 aromatic rings. The summed E-state index contributed by atoms with van der Waals surface area (Å²) in [5.41, 5.74) is 5.08. The molecule has 1 atom stereocenters. The monoisotopic (exact) mass is 255 g/mol. The van der Waals surface area contributed by atoms with Crippen molar-refractivity contribution >= 4 is 0 Å². The van der Waals surface area contributed by atoms with Gasteiger partial charge in [-0.2, -0.15) is 5.10 Å². The number of hydrogen-bond acceptors (Lipinski definition) is 2. The summed E-state index contributed by atoms with van der Waals surface area (Å²) in [5, 5.41) is 8.09. The SMILES string of the molecule is Cc1cccc(-c2cnn(CC3CCCN3)c2C)c1. The number of aryl methyl sites for hydroxylation is 1. The average molecular weight is 255 g/mol. The number of nitrogens with one attached hydrogen (secondary N) is 1. The molecule has 1 aliphatic rings. The van der Waals surface area contributed by atoms with Crippen LogP contribution in [-0.4, -0.2) is 22.4 Å². The van der Waals surface area contributed by atoms with Crippen molar-refractivity contribution in [1.82, 2.24) is 15.1 Å². The van der Waals surface area contributed by atoms with Gasteiger partial charge in [0.05, 0.1) is 12.7 Å². The second-order valence-corrected chi connectivity index (χ2v) is 5.49. The molecule has 1 unspecified atom stereocenters. The summed E-state index contributed by atoms with van der Waals surface area (Å²) >= 11 is 0. The smallest absolute Gasteiger partial charge is 0.0571 e. The molecule has 0 radical (unpaired) electrons. The largest absolute Gasteiger partial charge is 0.312 e. The van der Waals surface area contributed by atoms with Crippen LogP contribution in [0.1, 0.15) is 24.1 Å². The fourth-order valence-electron chi connectivity index (χ4n) is 2.85. The molecule has 0 amide bonds. The van der Waals surface area contributed by atoms with E-state index in [1.54, 1.807) is 0 Å². The van der Waals surface area contributed by atoms with E-state index in [1.165, 1.54) is 35.2 Å². The van der Waals surface area contributed by atoms with Crippen molar-refractivity contribution in [1.29, 1.82) is 0 Å². The minimum absolute atomic E-state index is 0.587. The fraction of sp³-hybridized carbons (Fsp3) is 0.438. The van der Waals surface area contributed by atoms with Crippen molar-refractivity contribution in [2.75, 3.05) is 6.54 Å². The van der Waals surface area contributed by atoms with Crippen LogP contribution in [0.5, 0.6) is 0 Å². The zero-order valence-electron chi connectivity index (χ0n) is 11.7. The Balaban J connectivity index is 1.85. The number of rotatable bonds is 3. The first-order valence-electron chi connectivity index (χ1n) is 7.07. The number of benzene rings is 1. The summed E-state index contributed by atoms with van der Waals surface area (Å²) in [4.78, 5) is 0. The summed E-state index contributed by atoms with van der Waals surface area (Å²) in [6.07, 6.45) is 4.55. The number of nitrogens with zero attached hydrogens (tertiary/aromatic N) is 2. The Kier molecular flexibility index (Phi) is 3.38. The van der Waals surface area contributed by atoms with Gasteiger partial charge in [0.1, 0.15) is 0 Å². The predicted octanol–water partition coefficient (Wildman–Crippen LogP) is 2.92. The lowest BCUT2D eigenvalue weighted by Crippen LogP contribution is -2.27. The van der Waals surface area contributed by atoms with Gasteiger partial charge < -0.3 is 5.32 Å². The third-order valence-electron chi connectivity index (χ3n) is 3.99. The Bertz CT molecular complexity index is 565. The van der Waals surface area contributed by atoms with Crippen LogP contribution in [0.25, 0.3) is 11.1 Å². The molecule has 3 nitrogen and oxygen atoms in total. The van der Waals surface area contributed by atoms with Crippen molar-refractivity contribution in [3.05, 3.63) is 41.7 Å². The molecule has 19 heavy (non-hydrogen) atoms. The molecule has 100 valence electrons. The van der Waals surface area contributed by atoms with Gasteiger partial charge in [0, 0.05) is 17.3 Å². The predicted molar refractivity (Wildman–Crippen MR) is 78.2 cm³/mol. The minimum atomic E-state index is 0.587. The maximum Gasteiger partial charge on any atom is 0.0571 e. The Morgan fingerprint density at radius 1 is 1.37 bits per heavy atom. The van der Waals surface area contributed by atoms with Crippen molar-refractivity contribution in [3.8, 4) is 11.1 Å². The highest BCUT2D eigenvalue weighted by Crippen LogP contribution is 2.24. The van der Waals surface area contributed by atoms with Crippen molar-refractivity contribution < 1.29 is 0 Å². The van der Waals surface area contributed by atoms with E-state index in [2.05, 4.69) is 53.2 Å². The van der Waals surface area contributed by atoms with Crippen LogP contribution in [0.4, 0.5) is 0 Å². The molecule has 1 aromatic carbocycles. The third-order valence-corrected chi connectivity index (χ3v) is 3.99. The lowest BCUT2D eigenvalue weighted by Gasteiger charge is -2.12. The van der Waals surface area contributed by atoms with E-state index in [-0.39, 0.29) is 0 Å². The third kappa shape index (κ3) is 2.56. The molecule has 1 N–H and O–H groups in total. The normalized spacial score (nSPS) is 18.9. The summed E-state index contributed by atoms with van der Waals surface area (Å²) in [6.45, 7) is 6.43. The van der Waals surface area contributed by atoms with Crippen LogP contribution < -0.4 is 5.32 Å². The van der Waals surface area contributed by atoms with Gasteiger partial charge >= 0.3 is 0 Å². The quantitative estimate of drug-likeness (QED) is 0.914. The van der Waals surface area contributed by atoms with E-state index in [4.69, 9.17) is 0 Å². The van der Waals surface area contributed by atoms with E-state index < -0.39 is 0 Å². The highest BCUT2D eigenvalue weighted by Gasteiger charge is 2.17. The Morgan fingerprint density at radius 3 is 3.00 bits per heavy atom. The highest BCUT2D eigenvalue weighted by molar-refractivity contribution is 5.65.